The van der Waals surface area contributed by atoms with E-state index in [1.165, 1.54) is 0 Å². The molecular formula is C12H21CrO15. The molecule has 0 aromatic rings. The van der Waals surface area contributed by atoms with Crippen LogP contribution in [0.3, 0.4) is 0 Å². The molecule has 0 aliphatic rings. The van der Waals surface area contributed by atoms with Gasteiger partial charge in [-0.1, -0.05) is 0 Å². The van der Waals surface area contributed by atoms with Gasteiger partial charge in [0, 0.05) is 0 Å². The summed E-state index contributed by atoms with van der Waals surface area (Å²) in [6.07, 6.45) is -11.0. The van der Waals surface area contributed by atoms with Crippen molar-refractivity contribution in [3.8, 4) is 0 Å². The minimum Gasteiger partial charge on any atom is -0.547 e. The van der Waals surface area contributed by atoms with Gasteiger partial charge in [0.25, 0.3) is 0 Å². The summed E-state index contributed by atoms with van der Waals surface area (Å²) in [7, 11) is 0. The van der Waals surface area contributed by atoms with Crippen LogP contribution >= 0.6 is 0 Å². The summed E-state index contributed by atoms with van der Waals surface area (Å²) in [5.41, 5.74) is 0. The molecule has 0 amide bonds. The number of hydrogen-bond acceptors (Lipinski definition) is 15. The number of carboxylic acid groups (broad SMARTS) is 3. The fourth-order valence-corrected chi connectivity index (χ4v) is 0.771. The van der Waals surface area contributed by atoms with Gasteiger partial charge in [-0.2, -0.15) is 0 Å². The zero-order valence-electron chi connectivity index (χ0n) is 14.0. The van der Waals surface area contributed by atoms with Crippen molar-refractivity contribution in [3.05, 3.63) is 0 Å². The van der Waals surface area contributed by atoms with Crippen LogP contribution in [0.1, 0.15) is 0 Å². The van der Waals surface area contributed by atoms with E-state index in [0.717, 1.165) is 0 Å². The minimum absolute atomic E-state index is 0. The van der Waals surface area contributed by atoms with Crippen LogP contribution in [-0.4, -0.2) is 120 Å². The summed E-state index contributed by atoms with van der Waals surface area (Å²) in [4.78, 5) is 29.0. The summed E-state index contributed by atoms with van der Waals surface area (Å²) in [6, 6.07) is 0. The van der Waals surface area contributed by atoms with Crippen LogP contribution in [0.25, 0.3) is 0 Å². The standard InChI is InChI=1S/3C4H8O5.Cr/c3*5-1-2(6)3(7)4(8)9;/h3*2-3,5-7H,1H2,(H,8,9);/q;;;+3/p-3. The molecule has 0 bridgehead atoms. The first-order valence-electron chi connectivity index (χ1n) is 6.81. The number of aliphatic hydroxyl groups is 9. The Labute approximate surface area is 168 Å². The molecule has 0 aliphatic carbocycles. The van der Waals surface area contributed by atoms with Gasteiger partial charge in [0.05, 0.1) is 37.7 Å². The molecule has 28 heavy (non-hydrogen) atoms. The molecule has 6 atom stereocenters. The first-order chi connectivity index (χ1) is 12.3. The molecule has 0 fully saturated rings. The van der Waals surface area contributed by atoms with Crippen LogP contribution in [0.15, 0.2) is 0 Å². The Morgan fingerprint density at radius 2 is 0.679 bits per heavy atom. The van der Waals surface area contributed by atoms with Gasteiger partial charge in [-0.25, -0.2) is 0 Å². The number of carbonyl (C=O) groups is 3. The summed E-state index contributed by atoms with van der Waals surface area (Å²) in [5, 5.41) is 103. The van der Waals surface area contributed by atoms with Gasteiger partial charge in [0.15, 0.2) is 0 Å². The second-order valence-corrected chi connectivity index (χ2v) is 4.54. The van der Waals surface area contributed by atoms with Gasteiger partial charge in [-0.3, -0.25) is 0 Å². The van der Waals surface area contributed by atoms with Crippen molar-refractivity contribution < 1.29 is 93.0 Å². The maximum Gasteiger partial charge on any atom is 3.00 e. The van der Waals surface area contributed by atoms with E-state index in [1.807, 2.05) is 0 Å². The van der Waals surface area contributed by atoms with Gasteiger partial charge in [-0.15, -0.1) is 0 Å². The number of hydrogen-bond donors (Lipinski definition) is 9. The van der Waals surface area contributed by atoms with Crippen LogP contribution in [0, 0.1) is 0 Å². The molecule has 0 aromatic carbocycles. The van der Waals surface area contributed by atoms with E-state index in [2.05, 4.69) is 0 Å². The molecule has 165 valence electrons. The second kappa shape index (κ2) is 18.9. The van der Waals surface area contributed by atoms with E-state index in [-0.39, 0.29) is 17.4 Å². The zero-order valence-corrected chi connectivity index (χ0v) is 15.2. The molecule has 6 unspecified atom stereocenters. The molecule has 1 radical (unpaired) electrons. The Bertz CT molecular complexity index is 371. The number of carboxylic acids is 3. The molecule has 0 spiro atoms. The Morgan fingerprint density at radius 3 is 0.714 bits per heavy atom. The molecule has 0 aliphatic heterocycles. The number of rotatable bonds is 9. The SMILES string of the molecule is O=C([O-])C(O)C(O)CO.O=C([O-])C(O)C(O)CO.O=C([O-])C(O)C(O)CO.[Cr+3]. The first-order valence-corrected chi connectivity index (χ1v) is 6.81. The topological polar surface area (TPSA) is 302 Å². The van der Waals surface area contributed by atoms with E-state index >= 15 is 0 Å². The summed E-state index contributed by atoms with van der Waals surface area (Å²) in [6.45, 7) is -2.39. The third-order valence-electron chi connectivity index (χ3n) is 2.38. The van der Waals surface area contributed by atoms with Crippen molar-refractivity contribution in [2.24, 2.45) is 0 Å². The molecular weight excluding hydrogens is 436 g/mol. The van der Waals surface area contributed by atoms with E-state index in [0.29, 0.717) is 0 Å². The average Bonchev–Trinajstić information content (AvgIpc) is 2.64. The van der Waals surface area contributed by atoms with E-state index in [1.54, 1.807) is 0 Å². The summed E-state index contributed by atoms with van der Waals surface area (Å²) < 4.78 is 0. The Kier molecular flexibility index (Phi) is 23.1. The minimum atomic E-state index is -2.00. The van der Waals surface area contributed by atoms with Crippen LogP contribution < -0.4 is 15.3 Å². The van der Waals surface area contributed by atoms with Crippen LogP contribution in [-0.2, 0) is 31.7 Å². The van der Waals surface area contributed by atoms with Crippen LogP contribution in [0.5, 0.6) is 0 Å². The molecule has 15 nitrogen and oxygen atoms in total. The van der Waals surface area contributed by atoms with Crippen molar-refractivity contribution in [1.29, 1.82) is 0 Å². The monoisotopic (exact) mass is 457 g/mol. The predicted molar refractivity (Wildman–Crippen MR) is 72.3 cm³/mol. The van der Waals surface area contributed by atoms with Crippen molar-refractivity contribution >= 4 is 17.9 Å². The number of aliphatic hydroxyl groups excluding tert-OH is 9. The maximum absolute atomic E-state index is 9.67. The van der Waals surface area contributed by atoms with Crippen LogP contribution in [0.2, 0.25) is 0 Å². The molecule has 0 heterocycles. The quantitative estimate of drug-likeness (QED) is 0.155. The molecule has 0 saturated carbocycles. The van der Waals surface area contributed by atoms with E-state index in [4.69, 9.17) is 46.0 Å². The van der Waals surface area contributed by atoms with Gasteiger partial charge >= 0.3 is 17.4 Å². The maximum atomic E-state index is 9.67. The predicted octanol–water partition coefficient (Wildman–Crippen LogP) is -10.7. The first kappa shape index (κ1) is 34.1. The second-order valence-electron chi connectivity index (χ2n) is 4.54. The molecule has 16 heteroatoms. The summed E-state index contributed by atoms with van der Waals surface area (Å²) in [5.74, 6) is -5.38. The van der Waals surface area contributed by atoms with Gasteiger partial charge in [-0.05, 0) is 0 Å². The largest absolute Gasteiger partial charge is 3.00 e. The zero-order chi connectivity index (χ0) is 22.3. The van der Waals surface area contributed by atoms with Crippen LogP contribution in [0.4, 0.5) is 0 Å². The van der Waals surface area contributed by atoms with Crippen molar-refractivity contribution in [3.63, 3.8) is 0 Å². The van der Waals surface area contributed by atoms with Gasteiger partial charge in [0.2, 0.25) is 0 Å². The van der Waals surface area contributed by atoms with E-state index in [9.17, 15) is 29.7 Å². The smallest absolute Gasteiger partial charge is 0.547 e. The molecule has 0 aromatic heterocycles. The third-order valence-corrected chi connectivity index (χ3v) is 2.38. The van der Waals surface area contributed by atoms with Crippen molar-refractivity contribution in [1.82, 2.24) is 0 Å². The van der Waals surface area contributed by atoms with Crippen molar-refractivity contribution in [2.45, 2.75) is 36.6 Å². The fourth-order valence-electron chi connectivity index (χ4n) is 0.771. The number of aliphatic carboxylic acids is 3. The van der Waals surface area contributed by atoms with Gasteiger partial charge in [0.1, 0.15) is 36.6 Å². The Hall–Kier alpha value is -1.42. The number of carbonyl (C=O) groups excluding carboxylic acids is 3. The molecule has 9 N–H and O–H groups in total. The molecule has 0 rings (SSSR count). The molecule has 0 saturated heterocycles. The van der Waals surface area contributed by atoms with E-state index < -0.39 is 74.4 Å². The average molecular weight is 457 g/mol. The normalized spacial score (nSPS) is 16.2. The van der Waals surface area contributed by atoms with Crippen molar-refractivity contribution in [2.75, 3.05) is 19.8 Å². The van der Waals surface area contributed by atoms with Gasteiger partial charge < -0.3 is 75.7 Å². The Balaban J connectivity index is -0.000000152. The summed E-state index contributed by atoms with van der Waals surface area (Å²) >= 11 is 0. The third kappa shape index (κ3) is 16.7. The fraction of sp³-hybridized carbons (Fsp3) is 0.750. The Morgan fingerprint density at radius 1 is 0.536 bits per heavy atom.